The van der Waals surface area contributed by atoms with Gasteiger partial charge in [0.05, 0.1) is 5.75 Å². The molecule has 1 aromatic heterocycles. The molecule has 0 amide bonds. The van der Waals surface area contributed by atoms with Crippen molar-refractivity contribution in [2.75, 3.05) is 32.1 Å². The molecule has 0 radical (unpaired) electrons. The van der Waals surface area contributed by atoms with Gasteiger partial charge in [0.25, 0.3) is 0 Å². The predicted octanol–water partition coefficient (Wildman–Crippen LogP) is 1.87. The topological polar surface area (TPSA) is 83.4 Å². The Labute approximate surface area is 162 Å². The number of aromatic nitrogens is 1. The third kappa shape index (κ3) is 10.8. The first kappa shape index (κ1) is 23.1. The van der Waals surface area contributed by atoms with Crippen LogP contribution in [0.4, 0.5) is 0 Å². The zero-order valence-electron chi connectivity index (χ0n) is 14.9. The number of pyridine rings is 1. The van der Waals surface area contributed by atoms with Crippen LogP contribution >= 0.6 is 24.0 Å². The lowest BCUT2D eigenvalue weighted by Gasteiger charge is -2.25. The molecule has 0 saturated carbocycles. The molecule has 138 valence electrons. The summed E-state index contributed by atoms with van der Waals surface area (Å²) in [6.45, 7) is 5.49. The van der Waals surface area contributed by atoms with E-state index >= 15 is 0 Å². The SMILES string of the molecule is CN=C(NCCc1ccccn1)NCC(C)(C)CCS(C)(=O)=O.I. The second-order valence-corrected chi connectivity index (χ2v) is 8.73. The Balaban J connectivity index is 0.00000529. The number of sulfone groups is 1. The monoisotopic (exact) mass is 468 g/mol. The molecule has 0 atom stereocenters. The van der Waals surface area contributed by atoms with Gasteiger partial charge in [0.15, 0.2) is 5.96 Å². The Hall–Kier alpha value is -0.900. The minimum atomic E-state index is -2.93. The third-order valence-electron chi connectivity index (χ3n) is 3.51. The van der Waals surface area contributed by atoms with Crippen LogP contribution < -0.4 is 10.6 Å². The molecule has 8 heteroatoms. The molecule has 0 spiro atoms. The second kappa shape index (κ2) is 10.9. The van der Waals surface area contributed by atoms with E-state index in [0.717, 1.165) is 18.7 Å². The summed E-state index contributed by atoms with van der Waals surface area (Å²) >= 11 is 0. The normalized spacial score (nSPS) is 12.4. The number of hydrogen-bond acceptors (Lipinski definition) is 4. The van der Waals surface area contributed by atoms with Gasteiger partial charge in [-0.1, -0.05) is 19.9 Å². The Bertz CT molecular complexity index is 604. The molecule has 0 unspecified atom stereocenters. The highest BCUT2D eigenvalue weighted by molar-refractivity contribution is 14.0. The molecular formula is C16H29IN4O2S. The second-order valence-electron chi connectivity index (χ2n) is 6.47. The van der Waals surface area contributed by atoms with Gasteiger partial charge in [0.2, 0.25) is 0 Å². The molecule has 0 bridgehead atoms. The lowest BCUT2D eigenvalue weighted by atomic mass is 9.90. The van der Waals surface area contributed by atoms with Gasteiger partial charge in [-0.25, -0.2) is 8.42 Å². The smallest absolute Gasteiger partial charge is 0.191 e. The van der Waals surface area contributed by atoms with Crippen molar-refractivity contribution in [2.24, 2.45) is 10.4 Å². The van der Waals surface area contributed by atoms with Crippen LogP contribution in [-0.2, 0) is 16.3 Å². The fraction of sp³-hybridized carbons (Fsp3) is 0.625. The molecular weight excluding hydrogens is 439 g/mol. The van der Waals surface area contributed by atoms with E-state index < -0.39 is 9.84 Å². The number of nitrogens with zero attached hydrogens (tertiary/aromatic N) is 2. The molecule has 1 heterocycles. The molecule has 0 aliphatic heterocycles. The first-order chi connectivity index (χ1) is 10.7. The first-order valence-corrected chi connectivity index (χ1v) is 9.80. The lowest BCUT2D eigenvalue weighted by molar-refractivity contribution is 0.348. The van der Waals surface area contributed by atoms with Crippen molar-refractivity contribution >= 4 is 39.8 Å². The highest BCUT2D eigenvalue weighted by Gasteiger charge is 2.20. The molecule has 24 heavy (non-hydrogen) atoms. The summed E-state index contributed by atoms with van der Waals surface area (Å²) in [4.78, 5) is 8.46. The largest absolute Gasteiger partial charge is 0.356 e. The summed E-state index contributed by atoms with van der Waals surface area (Å²) in [5.74, 6) is 0.918. The third-order valence-corrected chi connectivity index (χ3v) is 4.45. The maximum Gasteiger partial charge on any atom is 0.191 e. The molecule has 1 rings (SSSR count). The van der Waals surface area contributed by atoms with Crippen molar-refractivity contribution in [1.82, 2.24) is 15.6 Å². The molecule has 6 nitrogen and oxygen atoms in total. The van der Waals surface area contributed by atoms with E-state index in [0.29, 0.717) is 18.9 Å². The van der Waals surface area contributed by atoms with Gasteiger partial charge in [-0.3, -0.25) is 9.98 Å². The van der Waals surface area contributed by atoms with E-state index in [1.54, 1.807) is 13.2 Å². The molecule has 2 N–H and O–H groups in total. The lowest BCUT2D eigenvalue weighted by Crippen LogP contribution is -2.43. The van der Waals surface area contributed by atoms with E-state index in [1.165, 1.54) is 6.26 Å². The summed E-state index contributed by atoms with van der Waals surface area (Å²) in [7, 11) is -1.21. The average Bonchev–Trinajstić information content (AvgIpc) is 2.49. The summed E-state index contributed by atoms with van der Waals surface area (Å²) < 4.78 is 22.6. The highest BCUT2D eigenvalue weighted by Crippen LogP contribution is 2.19. The first-order valence-electron chi connectivity index (χ1n) is 7.74. The summed E-state index contributed by atoms with van der Waals surface area (Å²) in [6, 6.07) is 5.86. The average molecular weight is 468 g/mol. The van der Waals surface area contributed by atoms with Gasteiger partial charge in [0.1, 0.15) is 9.84 Å². The Kier molecular flexibility index (Phi) is 10.5. The number of aliphatic imine (C=N–C) groups is 1. The van der Waals surface area contributed by atoms with Gasteiger partial charge in [-0.15, -0.1) is 24.0 Å². The van der Waals surface area contributed by atoms with E-state index in [4.69, 9.17) is 0 Å². The van der Waals surface area contributed by atoms with E-state index in [-0.39, 0.29) is 35.1 Å². The van der Waals surface area contributed by atoms with E-state index in [1.807, 2.05) is 32.0 Å². The van der Waals surface area contributed by atoms with Gasteiger partial charge < -0.3 is 10.6 Å². The fourth-order valence-electron chi connectivity index (χ4n) is 1.95. The number of nitrogens with one attached hydrogen (secondary N) is 2. The number of halogens is 1. The predicted molar refractivity (Wildman–Crippen MR) is 111 cm³/mol. The minimum absolute atomic E-state index is 0. The molecule has 0 aromatic carbocycles. The standard InChI is InChI=1S/C16H28N4O2S.HI/c1-16(2,9-12-23(4,21)22)13-20-15(17-3)19-11-8-14-7-5-6-10-18-14;/h5-7,10H,8-9,11-13H2,1-4H3,(H2,17,19,20);1H. The zero-order valence-corrected chi connectivity index (χ0v) is 18.0. The zero-order chi connectivity index (χ0) is 17.3. The summed E-state index contributed by atoms with van der Waals surface area (Å²) in [5, 5.41) is 6.50. The highest BCUT2D eigenvalue weighted by atomic mass is 127. The van der Waals surface area contributed by atoms with Crippen LogP contribution in [0.3, 0.4) is 0 Å². The van der Waals surface area contributed by atoms with E-state index in [9.17, 15) is 8.42 Å². The fourth-order valence-corrected chi connectivity index (χ4v) is 2.87. The van der Waals surface area contributed by atoms with Crippen LogP contribution in [0.25, 0.3) is 0 Å². The van der Waals surface area contributed by atoms with Crippen molar-refractivity contribution < 1.29 is 8.42 Å². The quantitative estimate of drug-likeness (QED) is 0.346. The van der Waals surface area contributed by atoms with Gasteiger partial charge in [-0.2, -0.15) is 0 Å². The number of guanidine groups is 1. The van der Waals surface area contributed by atoms with Gasteiger partial charge in [0, 0.05) is 44.7 Å². The minimum Gasteiger partial charge on any atom is -0.356 e. The van der Waals surface area contributed by atoms with Crippen LogP contribution in [0, 0.1) is 5.41 Å². The van der Waals surface area contributed by atoms with Gasteiger partial charge in [-0.05, 0) is 24.0 Å². The van der Waals surface area contributed by atoms with Crippen LogP contribution in [0.1, 0.15) is 26.0 Å². The molecule has 0 fully saturated rings. The molecule has 0 aliphatic carbocycles. The van der Waals surface area contributed by atoms with Crippen molar-refractivity contribution in [3.63, 3.8) is 0 Å². The molecule has 0 aliphatic rings. The maximum atomic E-state index is 11.3. The van der Waals surface area contributed by atoms with Crippen molar-refractivity contribution in [3.05, 3.63) is 30.1 Å². The Morgan fingerprint density at radius 2 is 2.00 bits per heavy atom. The molecule has 0 saturated heterocycles. The summed E-state index contributed by atoms with van der Waals surface area (Å²) in [6.07, 6.45) is 4.49. The van der Waals surface area contributed by atoms with Crippen molar-refractivity contribution in [2.45, 2.75) is 26.7 Å². The van der Waals surface area contributed by atoms with Crippen molar-refractivity contribution in [1.29, 1.82) is 0 Å². The maximum absolute atomic E-state index is 11.3. The van der Waals surface area contributed by atoms with Crippen LogP contribution in [-0.4, -0.2) is 51.5 Å². The van der Waals surface area contributed by atoms with E-state index in [2.05, 4.69) is 20.6 Å². The van der Waals surface area contributed by atoms with Crippen LogP contribution in [0.5, 0.6) is 0 Å². The number of rotatable bonds is 8. The Morgan fingerprint density at radius 3 is 2.54 bits per heavy atom. The van der Waals surface area contributed by atoms with Crippen molar-refractivity contribution in [3.8, 4) is 0 Å². The van der Waals surface area contributed by atoms with Crippen LogP contribution in [0.15, 0.2) is 29.4 Å². The molecule has 1 aromatic rings. The summed E-state index contributed by atoms with van der Waals surface area (Å²) in [5.41, 5.74) is 0.908. The number of hydrogen-bond donors (Lipinski definition) is 2. The van der Waals surface area contributed by atoms with Gasteiger partial charge >= 0.3 is 0 Å². The Morgan fingerprint density at radius 1 is 1.29 bits per heavy atom. The van der Waals surface area contributed by atoms with Crippen LogP contribution in [0.2, 0.25) is 0 Å².